The summed E-state index contributed by atoms with van der Waals surface area (Å²) in [6.07, 6.45) is 6.94. The zero-order valence-electron chi connectivity index (χ0n) is 14.5. The predicted octanol–water partition coefficient (Wildman–Crippen LogP) is 5.17. The standard InChI is InChI=1S/C22H27NO/c1-17-11-14-20(15-12-17)22(19-9-3-2-4-10-19)23-21(24)16-13-18-7-5-6-8-18/h2-4,9-12,14-15,18,22H,5-8,13,16H2,1H3,(H,23,24). The number of nitrogens with one attached hydrogen (secondary N) is 1. The van der Waals surface area contributed by atoms with Crippen LogP contribution in [0.15, 0.2) is 54.6 Å². The molecule has 0 heterocycles. The van der Waals surface area contributed by atoms with Gasteiger partial charge in [-0.05, 0) is 30.4 Å². The fourth-order valence-corrected chi connectivity index (χ4v) is 3.63. The highest BCUT2D eigenvalue weighted by atomic mass is 16.1. The maximum Gasteiger partial charge on any atom is 0.220 e. The molecule has 2 aromatic carbocycles. The summed E-state index contributed by atoms with van der Waals surface area (Å²) in [5.74, 6) is 0.918. The molecular formula is C22H27NO. The molecule has 0 spiro atoms. The maximum absolute atomic E-state index is 12.5. The van der Waals surface area contributed by atoms with E-state index in [1.807, 2.05) is 18.2 Å². The topological polar surface area (TPSA) is 29.1 Å². The van der Waals surface area contributed by atoms with Crippen molar-refractivity contribution in [2.45, 2.75) is 51.5 Å². The first-order valence-electron chi connectivity index (χ1n) is 9.13. The van der Waals surface area contributed by atoms with Crippen molar-refractivity contribution in [2.24, 2.45) is 5.92 Å². The largest absolute Gasteiger partial charge is 0.345 e. The van der Waals surface area contributed by atoms with Crippen LogP contribution < -0.4 is 5.32 Å². The molecule has 0 saturated heterocycles. The molecule has 1 aliphatic carbocycles. The van der Waals surface area contributed by atoms with Crippen LogP contribution in [-0.2, 0) is 4.79 Å². The van der Waals surface area contributed by atoms with Gasteiger partial charge in [0.1, 0.15) is 0 Å². The van der Waals surface area contributed by atoms with Crippen LogP contribution in [0.4, 0.5) is 0 Å². The molecule has 0 aromatic heterocycles. The molecule has 3 rings (SSSR count). The van der Waals surface area contributed by atoms with E-state index in [1.54, 1.807) is 0 Å². The van der Waals surface area contributed by atoms with Crippen LogP contribution in [0.5, 0.6) is 0 Å². The SMILES string of the molecule is Cc1ccc(C(NC(=O)CCC2CCCC2)c2ccccc2)cc1. The van der Waals surface area contributed by atoms with E-state index in [4.69, 9.17) is 0 Å². The number of benzene rings is 2. The number of carbonyl (C=O) groups excluding carboxylic acids is 1. The summed E-state index contributed by atoms with van der Waals surface area (Å²) in [6.45, 7) is 2.08. The molecule has 1 unspecified atom stereocenters. The molecule has 0 aliphatic heterocycles. The van der Waals surface area contributed by atoms with E-state index in [0.717, 1.165) is 23.5 Å². The lowest BCUT2D eigenvalue weighted by Crippen LogP contribution is -2.29. The Morgan fingerprint density at radius 3 is 2.29 bits per heavy atom. The zero-order chi connectivity index (χ0) is 16.8. The second kappa shape index (κ2) is 8.14. The van der Waals surface area contributed by atoms with Gasteiger partial charge in [-0.3, -0.25) is 4.79 Å². The minimum atomic E-state index is -0.0668. The summed E-state index contributed by atoms with van der Waals surface area (Å²) >= 11 is 0. The van der Waals surface area contributed by atoms with Crippen LogP contribution in [0, 0.1) is 12.8 Å². The fraction of sp³-hybridized carbons (Fsp3) is 0.409. The molecule has 2 aromatic rings. The Morgan fingerprint density at radius 1 is 1.00 bits per heavy atom. The van der Waals surface area contributed by atoms with Crippen molar-refractivity contribution in [1.82, 2.24) is 5.32 Å². The Labute approximate surface area is 145 Å². The summed E-state index contributed by atoms with van der Waals surface area (Å²) in [6, 6.07) is 18.6. The summed E-state index contributed by atoms with van der Waals surface area (Å²) in [5.41, 5.74) is 3.51. The molecule has 0 bridgehead atoms. The van der Waals surface area contributed by atoms with E-state index in [-0.39, 0.29) is 11.9 Å². The van der Waals surface area contributed by atoms with Crippen LogP contribution in [0.1, 0.15) is 61.3 Å². The molecule has 2 heteroatoms. The van der Waals surface area contributed by atoms with Gasteiger partial charge in [-0.15, -0.1) is 0 Å². The fourth-order valence-electron chi connectivity index (χ4n) is 3.63. The third kappa shape index (κ3) is 4.47. The highest BCUT2D eigenvalue weighted by Gasteiger charge is 2.19. The van der Waals surface area contributed by atoms with E-state index in [9.17, 15) is 4.79 Å². The number of aryl methyl sites for hydroxylation is 1. The van der Waals surface area contributed by atoms with Gasteiger partial charge in [0.25, 0.3) is 0 Å². The van der Waals surface area contributed by atoms with Crippen LogP contribution in [0.2, 0.25) is 0 Å². The van der Waals surface area contributed by atoms with E-state index >= 15 is 0 Å². The Morgan fingerprint density at radius 2 is 1.62 bits per heavy atom. The molecule has 1 atom stereocenters. The molecule has 24 heavy (non-hydrogen) atoms. The van der Waals surface area contributed by atoms with Gasteiger partial charge in [0.05, 0.1) is 6.04 Å². The number of carbonyl (C=O) groups is 1. The van der Waals surface area contributed by atoms with Crippen LogP contribution in [0.3, 0.4) is 0 Å². The van der Waals surface area contributed by atoms with Crippen molar-refractivity contribution >= 4 is 5.91 Å². The van der Waals surface area contributed by atoms with E-state index in [1.165, 1.54) is 31.2 Å². The first kappa shape index (κ1) is 16.8. The molecule has 1 saturated carbocycles. The Balaban J connectivity index is 1.70. The molecule has 1 N–H and O–H groups in total. The first-order chi connectivity index (χ1) is 11.7. The summed E-state index contributed by atoms with van der Waals surface area (Å²) in [4.78, 5) is 12.5. The molecule has 0 radical (unpaired) electrons. The van der Waals surface area contributed by atoms with Crippen molar-refractivity contribution < 1.29 is 4.79 Å². The highest BCUT2D eigenvalue weighted by Crippen LogP contribution is 2.29. The number of rotatable bonds is 6. The summed E-state index contributed by atoms with van der Waals surface area (Å²) < 4.78 is 0. The second-order valence-corrected chi connectivity index (χ2v) is 7.01. The van der Waals surface area contributed by atoms with E-state index in [0.29, 0.717) is 6.42 Å². The molecular weight excluding hydrogens is 294 g/mol. The van der Waals surface area contributed by atoms with Crippen molar-refractivity contribution in [3.05, 3.63) is 71.3 Å². The maximum atomic E-state index is 12.5. The number of hydrogen-bond acceptors (Lipinski definition) is 1. The Bertz CT molecular complexity index is 641. The second-order valence-electron chi connectivity index (χ2n) is 7.01. The van der Waals surface area contributed by atoms with Gasteiger partial charge < -0.3 is 5.32 Å². The van der Waals surface area contributed by atoms with Crippen molar-refractivity contribution in [3.8, 4) is 0 Å². The van der Waals surface area contributed by atoms with E-state index in [2.05, 4.69) is 48.6 Å². The lowest BCUT2D eigenvalue weighted by Gasteiger charge is -2.20. The van der Waals surface area contributed by atoms with Crippen LogP contribution in [0.25, 0.3) is 0 Å². The van der Waals surface area contributed by atoms with Crippen molar-refractivity contribution in [2.75, 3.05) is 0 Å². The molecule has 1 amide bonds. The van der Waals surface area contributed by atoms with Gasteiger partial charge >= 0.3 is 0 Å². The lowest BCUT2D eigenvalue weighted by molar-refractivity contribution is -0.121. The quantitative estimate of drug-likeness (QED) is 0.781. The van der Waals surface area contributed by atoms with Crippen LogP contribution in [-0.4, -0.2) is 5.91 Å². The highest BCUT2D eigenvalue weighted by molar-refractivity contribution is 5.77. The molecule has 126 valence electrons. The zero-order valence-corrected chi connectivity index (χ0v) is 14.5. The minimum absolute atomic E-state index is 0.0668. The van der Waals surface area contributed by atoms with Gasteiger partial charge in [0.15, 0.2) is 0 Å². The van der Waals surface area contributed by atoms with Gasteiger partial charge in [0.2, 0.25) is 5.91 Å². The smallest absolute Gasteiger partial charge is 0.220 e. The molecule has 1 aliphatic rings. The number of hydrogen-bond donors (Lipinski definition) is 1. The third-order valence-electron chi connectivity index (χ3n) is 5.10. The molecule has 1 fully saturated rings. The minimum Gasteiger partial charge on any atom is -0.345 e. The van der Waals surface area contributed by atoms with Gasteiger partial charge in [-0.25, -0.2) is 0 Å². The van der Waals surface area contributed by atoms with E-state index < -0.39 is 0 Å². The van der Waals surface area contributed by atoms with Gasteiger partial charge in [-0.1, -0.05) is 85.8 Å². The monoisotopic (exact) mass is 321 g/mol. The third-order valence-corrected chi connectivity index (χ3v) is 5.10. The predicted molar refractivity (Wildman–Crippen MR) is 98.8 cm³/mol. The average Bonchev–Trinajstić information content (AvgIpc) is 3.13. The lowest BCUT2D eigenvalue weighted by atomic mass is 9.97. The first-order valence-corrected chi connectivity index (χ1v) is 9.13. The average molecular weight is 321 g/mol. The number of amides is 1. The molecule has 2 nitrogen and oxygen atoms in total. The summed E-state index contributed by atoms with van der Waals surface area (Å²) in [7, 11) is 0. The van der Waals surface area contributed by atoms with Crippen molar-refractivity contribution in [1.29, 1.82) is 0 Å². The normalized spacial score (nSPS) is 16.0. The Kier molecular flexibility index (Phi) is 5.68. The summed E-state index contributed by atoms with van der Waals surface area (Å²) in [5, 5.41) is 3.25. The van der Waals surface area contributed by atoms with Crippen LogP contribution >= 0.6 is 0 Å². The Hall–Kier alpha value is -2.09. The van der Waals surface area contributed by atoms with Crippen molar-refractivity contribution in [3.63, 3.8) is 0 Å². The van der Waals surface area contributed by atoms with Gasteiger partial charge in [0, 0.05) is 6.42 Å². The van der Waals surface area contributed by atoms with Gasteiger partial charge in [-0.2, -0.15) is 0 Å².